The van der Waals surface area contributed by atoms with Crippen LogP contribution >= 0.6 is 15.9 Å². The van der Waals surface area contributed by atoms with Crippen LogP contribution in [0.1, 0.15) is 20.8 Å². The number of alkyl halides is 1. The third-order valence-corrected chi connectivity index (χ3v) is 3.54. The molecule has 0 N–H and O–H groups in total. The topological polar surface area (TPSA) is 57.5 Å². The van der Waals surface area contributed by atoms with Gasteiger partial charge in [0, 0.05) is 26.2 Å². The Morgan fingerprint density at radius 1 is 1.35 bits per heavy atom. The fraction of sp³-hybridized carbons (Fsp3) is 0.769. The van der Waals surface area contributed by atoms with E-state index in [0.717, 1.165) is 18.9 Å². The molecule has 1 unspecified atom stereocenters. The van der Waals surface area contributed by atoms with Crippen LogP contribution < -0.4 is 0 Å². The van der Waals surface area contributed by atoms with E-state index in [9.17, 15) is 4.79 Å². The third kappa shape index (κ3) is 4.19. The first-order chi connectivity index (χ1) is 9.35. The van der Waals surface area contributed by atoms with Crippen molar-refractivity contribution >= 4 is 34.1 Å². The zero-order valence-electron chi connectivity index (χ0n) is 12.2. The van der Waals surface area contributed by atoms with Crippen LogP contribution in [0.2, 0.25) is 0 Å². The lowest BCUT2D eigenvalue weighted by atomic mass is 10.2. The highest BCUT2D eigenvalue weighted by atomic mass is 79.9. The average molecular weight is 345 g/mol. The van der Waals surface area contributed by atoms with Crippen molar-refractivity contribution in [2.24, 2.45) is 9.98 Å². The van der Waals surface area contributed by atoms with Crippen LogP contribution in [-0.4, -0.2) is 71.2 Å². The number of halogens is 1. The molecule has 7 heteroatoms. The van der Waals surface area contributed by atoms with E-state index in [4.69, 9.17) is 4.74 Å². The molecule has 112 valence electrons. The van der Waals surface area contributed by atoms with Crippen molar-refractivity contribution < 1.29 is 9.53 Å². The number of ether oxygens (including phenoxy) is 1. The van der Waals surface area contributed by atoms with Crippen molar-refractivity contribution in [1.82, 2.24) is 9.80 Å². The maximum Gasteiger partial charge on any atom is 0.410 e. The van der Waals surface area contributed by atoms with E-state index in [1.807, 2.05) is 20.8 Å². The summed E-state index contributed by atoms with van der Waals surface area (Å²) in [6.45, 7) is 9.13. The number of carbonyl (C=O) groups is 1. The number of hydrogen-bond donors (Lipinski definition) is 0. The van der Waals surface area contributed by atoms with Crippen molar-refractivity contribution in [1.29, 1.82) is 0 Å². The van der Waals surface area contributed by atoms with Crippen molar-refractivity contribution in [3.8, 4) is 0 Å². The molecule has 0 radical (unpaired) electrons. The summed E-state index contributed by atoms with van der Waals surface area (Å²) in [5.41, 5.74) is -0.445. The molecule has 1 atom stereocenters. The lowest BCUT2D eigenvalue weighted by Gasteiger charge is -2.36. The SMILES string of the molecule is CC(C)(C)OC(=O)N1CCN(C2=NCC(Br)N=C2)CC1. The molecule has 20 heavy (non-hydrogen) atoms. The summed E-state index contributed by atoms with van der Waals surface area (Å²) in [5, 5.41) is 0. The van der Waals surface area contributed by atoms with Gasteiger partial charge in [0.1, 0.15) is 16.4 Å². The summed E-state index contributed by atoms with van der Waals surface area (Å²) in [5.74, 6) is 0.907. The molecular formula is C13H21BrN4O2. The zero-order valence-corrected chi connectivity index (χ0v) is 13.8. The number of hydrogen-bond acceptors (Lipinski definition) is 5. The van der Waals surface area contributed by atoms with Crippen molar-refractivity contribution in [3.63, 3.8) is 0 Å². The third-order valence-electron chi connectivity index (χ3n) is 3.01. The minimum absolute atomic E-state index is 0.0919. The molecule has 2 aliphatic heterocycles. The van der Waals surface area contributed by atoms with E-state index in [-0.39, 0.29) is 11.0 Å². The second-order valence-corrected chi connectivity index (χ2v) is 6.92. The second-order valence-electron chi connectivity index (χ2n) is 5.87. The van der Waals surface area contributed by atoms with Crippen molar-refractivity contribution in [3.05, 3.63) is 0 Å². The average Bonchev–Trinajstić information content (AvgIpc) is 2.38. The molecule has 0 aromatic heterocycles. The molecule has 0 aliphatic carbocycles. The first kappa shape index (κ1) is 15.3. The normalized spacial score (nSPS) is 23.6. The number of carbonyl (C=O) groups excluding carboxylic acids is 1. The van der Waals surface area contributed by atoms with Gasteiger partial charge in [-0.25, -0.2) is 4.79 Å². The quantitative estimate of drug-likeness (QED) is 0.496. The summed E-state index contributed by atoms with van der Waals surface area (Å²) in [7, 11) is 0. The Hall–Kier alpha value is -1.11. The Balaban J connectivity index is 1.84. The molecule has 0 aromatic carbocycles. The predicted octanol–water partition coefficient (Wildman–Crippen LogP) is 1.74. The lowest BCUT2D eigenvalue weighted by Crippen LogP contribution is -2.52. The summed E-state index contributed by atoms with van der Waals surface area (Å²) >= 11 is 3.40. The van der Waals surface area contributed by atoms with Gasteiger partial charge in [0.25, 0.3) is 0 Å². The zero-order chi connectivity index (χ0) is 14.8. The van der Waals surface area contributed by atoms with Gasteiger partial charge in [0.05, 0.1) is 12.8 Å². The Bertz CT molecular complexity index is 423. The smallest absolute Gasteiger partial charge is 0.410 e. The van der Waals surface area contributed by atoms with E-state index < -0.39 is 5.60 Å². The summed E-state index contributed by atoms with van der Waals surface area (Å²) in [6.07, 6.45) is 1.56. The Morgan fingerprint density at radius 3 is 2.50 bits per heavy atom. The van der Waals surface area contributed by atoms with Gasteiger partial charge in [-0.2, -0.15) is 0 Å². The Morgan fingerprint density at radius 2 is 2.00 bits per heavy atom. The number of aliphatic imine (C=N–C) groups is 2. The fourth-order valence-corrected chi connectivity index (χ4v) is 2.29. The van der Waals surface area contributed by atoms with Crippen molar-refractivity contribution in [2.45, 2.75) is 31.3 Å². The highest BCUT2D eigenvalue weighted by Crippen LogP contribution is 2.13. The molecule has 1 saturated heterocycles. The van der Waals surface area contributed by atoms with E-state index in [1.165, 1.54) is 0 Å². The van der Waals surface area contributed by atoms with Gasteiger partial charge in [-0.3, -0.25) is 9.98 Å². The molecule has 1 fully saturated rings. The van der Waals surface area contributed by atoms with Gasteiger partial charge >= 0.3 is 6.09 Å². The Kier molecular flexibility index (Phi) is 4.67. The van der Waals surface area contributed by atoms with Gasteiger partial charge in [0.15, 0.2) is 0 Å². The minimum atomic E-state index is -0.445. The van der Waals surface area contributed by atoms with Crippen LogP contribution in [0, 0.1) is 0 Å². The molecule has 2 rings (SSSR count). The van der Waals surface area contributed by atoms with E-state index in [2.05, 4.69) is 30.8 Å². The molecule has 2 aliphatic rings. The van der Waals surface area contributed by atoms with Crippen LogP contribution in [0.15, 0.2) is 9.98 Å². The fourth-order valence-electron chi connectivity index (χ4n) is 2.03. The molecule has 6 nitrogen and oxygen atoms in total. The maximum atomic E-state index is 12.0. The number of nitrogens with zero attached hydrogens (tertiary/aromatic N) is 4. The molecular weight excluding hydrogens is 324 g/mol. The van der Waals surface area contributed by atoms with Gasteiger partial charge in [-0.1, -0.05) is 15.9 Å². The lowest BCUT2D eigenvalue weighted by molar-refractivity contribution is 0.0188. The number of amides is 1. The van der Waals surface area contributed by atoms with E-state index in [0.29, 0.717) is 19.6 Å². The number of amidine groups is 1. The van der Waals surface area contributed by atoms with Crippen LogP contribution in [0.25, 0.3) is 0 Å². The van der Waals surface area contributed by atoms with E-state index in [1.54, 1.807) is 11.1 Å². The second kappa shape index (κ2) is 6.11. The summed E-state index contributed by atoms with van der Waals surface area (Å²) in [6, 6.07) is 0. The van der Waals surface area contributed by atoms with Gasteiger partial charge in [-0.15, -0.1) is 0 Å². The molecule has 0 saturated carbocycles. The maximum absolute atomic E-state index is 12.0. The summed E-state index contributed by atoms with van der Waals surface area (Å²) in [4.78, 5) is 24.7. The van der Waals surface area contributed by atoms with Gasteiger partial charge in [-0.05, 0) is 20.8 Å². The predicted molar refractivity (Wildman–Crippen MR) is 82.9 cm³/mol. The monoisotopic (exact) mass is 344 g/mol. The highest BCUT2D eigenvalue weighted by molar-refractivity contribution is 9.09. The van der Waals surface area contributed by atoms with Crippen LogP contribution in [-0.2, 0) is 4.74 Å². The minimum Gasteiger partial charge on any atom is -0.444 e. The Labute approximate surface area is 128 Å². The number of rotatable bonds is 0. The number of piperazine rings is 1. The highest BCUT2D eigenvalue weighted by Gasteiger charge is 2.27. The first-order valence-corrected chi connectivity index (χ1v) is 7.71. The largest absolute Gasteiger partial charge is 0.444 e. The molecule has 0 spiro atoms. The van der Waals surface area contributed by atoms with Crippen LogP contribution in [0.5, 0.6) is 0 Å². The first-order valence-electron chi connectivity index (χ1n) is 6.80. The standard InChI is InChI=1S/C13H21BrN4O2/c1-13(2,3)20-12(19)18-6-4-17(5-7-18)11-9-15-10(14)8-16-11/h9-10H,4-8H2,1-3H3. The van der Waals surface area contributed by atoms with Gasteiger partial charge in [0.2, 0.25) is 0 Å². The molecule has 2 heterocycles. The molecule has 1 amide bonds. The molecule has 0 aromatic rings. The van der Waals surface area contributed by atoms with Gasteiger partial charge < -0.3 is 14.5 Å². The van der Waals surface area contributed by atoms with E-state index >= 15 is 0 Å². The van der Waals surface area contributed by atoms with Crippen molar-refractivity contribution in [2.75, 3.05) is 32.7 Å². The van der Waals surface area contributed by atoms with Crippen LogP contribution in [0.4, 0.5) is 4.79 Å². The summed E-state index contributed by atoms with van der Waals surface area (Å²) < 4.78 is 5.38. The molecule has 0 bridgehead atoms. The van der Waals surface area contributed by atoms with Crippen LogP contribution in [0.3, 0.4) is 0 Å².